The molecule has 0 saturated heterocycles. The van der Waals surface area contributed by atoms with Gasteiger partial charge in [0, 0.05) is 23.8 Å². The van der Waals surface area contributed by atoms with Gasteiger partial charge in [0.1, 0.15) is 11.2 Å². The Bertz CT molecular complexity index is 650. The Labute approximate surface area is 124 Å². The number of rotatable bonds is 4. The number of esters is 1. The lowest BCUT2D eigenvalue weighted by atomic mass is 10.1. The Balaban J connectivity index is 1.97. The number of carbonyl (C=O) groups excluding carboxylic acids is 1. The lowest BCUT2D eigenvalue weighted by Gasteiger charge is -2.17. The number of carbonyl (C=O) groups is 1. The number of fused-ring (bicyclic) bond motifs is 1. The number of hydrogen-bond donors (Lipinski definition) is 2. The number of hydrogen-bond acceptors (Lipinski definition) is 4. The van der Waals surface area contributed by atoms with Crippen LogP contribution in [0.5, 0.6) is 0 Å². The number of aromatic amines is 1. The van der Waals surface area contributed by atoms with Crippen LogP contribution in [0.2, 0.25) is 0 Å². The van der Waals surface area contributed by atoms with Gasteiger partial charge in [-0.1, -0.05) is 6.92 Å². The molecule has 2 unspecified atom stereocenters. The largest absolute Gasteiger partial charge is 0.462 e. The van der Waals surface area contributed by atoms with Crippen LogP contribution < -0.4 is 5.32 Å². The number of nitrogens with one attached hydrogen (secondary N) is 2. The molecule has 112 valence electrons. The minimum Gasteiger partial charge on any atom is -0.462 e. The van der Waals surface area contributed by atoms with Gasteiger partial charge in [0.15, 0.2) is 0 Å². The molecule has 0 amide bonds. The summed E-state index contributed by atoms with van der Waals surface area (Å²) in [7, 11) is 0. The van der Waals surface area contributed by atoms with E-state index in [9.17, 15) is 4.79 Å². The van der Waals surface area contributed by atoms with Crippen LogP contribution in [0.25, 0.3) is 11.0 Å². The van der Waals surface area contributed by atoms with Gasteiger partial charge in [-0.25, -0.2) is 9.78 Å². The number of H-pyrrole nitrogens is 1. The number of aromatic nitrogens is 2. The van der Waals surface area contributed by atoms with Crippen LogP contribution in [0.3, 0.4) is 0 Å². The van der Waals surface area contributed by atoms with E-state index in [1.165, 1.54) is 6.42 Å². The summed E-state index contributed by atoms with van der Waals surface area (Å²) in [6, 6.07) is 2.36. The average Bonchev–Trinajstić information content (AvgIpc) is 3.08. The summed E-state index contributed by atoms with van der Waals surface area (Å²) in [6.07, 6.45) is 6.94. The van der Waals surface area contributed by atoms with E-state index in [-0.39, 0.29) is 5.97 Å². The fourth-order valence-electron chi connectivity index (χ4n) is 3.07. The van der Waals surface area contributed by atoms with Crippen molar-refractivity contribution in [1.29, 1.82) is 0 Å². The van der Waals surface area contributed by atoms with Crippen molar-refractivity contribution in [3.05, 3.63) is 24.0 Å². The molecule has 0 radical (unpaired) electrons. The molecule has 0 aliphatic heterocycles. The normalized spacial score (nSPS) is 21.6. The Hall–Kier alpha value is -2.04. The van der Waals surface area contributed by atoms with Gasteiger partial charge < -0.3 is 15.0 Å². The third-order valence-electron chi connectivity index (χ3n) is 4.13. The number of anilines is 1. The average molecular weight is 287 g/mol. The van der Waals surface area contributed by atoms with Crippen molar-refractivity contribution in [3.63, 3.8) is 0 Å². The summed E-state index contributed by atoms with van der Waals surface area (Å²) in [6.45, 7) is 4.45. The van der Waals surface area contributed by atoms with Crippen LogP contribution in [-0.4, -0.2) is 28.6 Å². The molecule has 1 saturated carbocycles. The number of pyridine rings is 1. The molecule has 3 rings (SSSR count). The van der Waals surface area contributed by atoms with Gasteiger partial charge >= 0.3 is 5.97 Å². The SMILES string of the molecule is CCOC(=O)c1cnc2[nH]ccc2c1NC1CCC(C)C1. The zero-order valence-corrected chi connectivity index (χ0v) is 12.5. The van der Waals surface area contributed by atoms with Crippen molar-refractivity contribution in [3.8, 4) is 0 Å². The molecule has 5 heteroatoms. The third-order valence-corrected chi connectivity index (χ3v) is 4.13. The molecule has 0 spiro atoms. The maximum absolute atomic E-state index is 12.2. The van der Waals surface area contributed by atoms with Crippen LogP contribution in [0, 0.1) is 5.92 Å². The highest BCUT2D eigenvalue weighted by molar-refractivity contribution is 6.04. The van der Waals surface area contributed by atoms with Crippen LogP contribution in [0.4, 0.5) is 5.69 Å². The first kappa shape index (κ1) is 13.9. The highest BCUT2D eigenvalue weighted by Gasteiger charge is 2.24. The Morgan fingerprint density at radius 3 is 3.10 bits per heavy atom. The molecular formula is C16H21N3O2. The Morgan fingerprint density at radius 2 is 2.38 bits per heavy atom. The van der Waals surface area contributed by atoms with E-state index in [0.29, 0.717) is 18.2 Å². The van der Waals surface area contributed by atoms with E-state index < -0.39 is 0 Å². The molecule has 5 nitrogen and oxygen atoms in total. The van der Waals surface area contributed by atoms with Crippen molar-refractivity contribution >= 4 is 22.7 Å². The maximum atomic E-state index is 12.2. The van der Waals surface area contributed by atoms with Crippen molar-refractivity contribution < 1.29 is 9.53 Å². The highest BCUT2D eigenvalue weighted by atomic mass is 16.5. The maximum Gasteiger partial charge on any atom is 0.341 e. The lowest BCUT2D eigenvalue weighted by molar-refractivity contribution is 0.0527. The summed E-state index contributed by atoms with van der Waals surface area (Å²) in [5.74, 6) is 0.416. The summed E-state index contributed by atoms with van der Waals surface area (Å²) < 4.78 is 5.15. The first-order valence-electron chi connectivity index (χ1n) is 7.58. The van der Waals surface area contributed by atoms with E-state index in [1.807, 2.05) is 19.2 Å². The highest BCUT2D eigenvalue weighted by Crippen LogP contribution is 2.32. The van der Waals surface area contributed by atoms with E-state index >= 15 is 0 Å². The van der Waals surface area contributed by atoms with Gasteiger partial charge in [-0.3, -0.25) is 0 Å². The van der Waals surface area contributed by atoms with Crippen molar-refractivity contribution in [1.82, 2.24) is 9.97 Å². The van der Waals surface area contributed by atoms with Gasteiger partial charge in [0.05, 0.1) is 12.3 Å². The van der Waals surface area contributed by atoms with E-state index in [0.717, 1.165) is 35.5 Å². The monoisotopic (exact) mass is 287 g/mol. The van der Waals surface area contributed by atoms with Crippen molar-refractivity contribution in [2.45, 2.75) is 39.2 Å². The van der Waals surface area contributed by atoms with Crippen LogP contribution in [0.15, 0.2) is 18.5 Å². The van der Waals surface area contributed by atoms with E-state index in [4.69, 9.17) is 4.74 Å². The first-order chi connectivity index (χ1) is 10.2. The number of nitrogens with zero attached hydrogens (tertiary/aromatic N) is 1. The third kappa shape index (κ3) is 2.73. The molecule has 2 N–H and O–H groups in total. The molecule has 2 aromatic rings. The van der Waals surface area contributed by atoms with Crippen molar-refractivity contribution in [2.75, 3.05) is 11.9 Å². The zero-order valence-electron chi connectivity index (χ0n) is 12.5. The molecule has 0 aromatic carbocycles. The number of ether oxygens (including phenoxy) is 1. The zero-order chi connectivity index (χ0) is 14.8. The molecule has 2 aromatic heterocycles. The van der Waals surface area contributed by atoms with Crippen LogP contribution in [-0.2, 0) is 4.74 Å². The summed E-state index contributed by atoms with van der Waals surface area (Å²) in [5, 5.41) is 4.49. The van der Waals surface area contributed by atoms with Crippen molar-refractivity contribution in [2.24, 2.45) is 5.92 Å². The topological polar surface area (TPSA) is 67.0 Å². The van der Waals surface area contributed by atoms with Gasteiger partial charge in [-0.15, -0.1) is 0 Å². The smallest absolute Gasteiger partial charge is 0.341 e. The summed E-state index contributed by atoms with van der Waals surface area (Å²) >= 11 is 0. The van der Waals surface area contributed by atoms with Gasteiger partial charge in [-0.2, -0.15) is 0 Å². The second-order valence-corrected chi connectivity index (χ2v) is 5.77. The molecule has 1 aliphatic rings. The first-order valence-corrected chi connectivity index (χ1v) is 7.58. The Kier molecular flexibility index (Phi) is 3.82. The quantitative estimate of drug-likeness (QED) is 0.846. The fourth-order valence-corrected chi connectivity index (χ4v) is 3.07. The molecule has 21 heavy (non-hydrogen) atoms. The molecule has 2 heterocycles. The predicted octanol–water partition coefficient (Wildman–Crippen LogP) is 3.34. The van der Waals surface area contributed by atoms with E-state index in [2.05, 4.69) is 22.2 Å². The Morgan fingerprint density at radius 1 is 1.52 bits per heavy atom. The second-order valence-electron chi connectivity index (χ2n) is 5.77. The van der Waals surface area contributed by atoms with Gasteiger partial charge in [0.2, 0.25) is 0 Å². The summed E-state index contributed by atoms with van der Waals surface area (Å²) in [4.78, 5) is 19.5. The molecule has 2 atom stereocenters. The molecule has 0 bridgehead atoms. The van der Waals surface area contributed by atoms with Gasteiger partial charge in [0.25, 0.3) is 0 Å². The van der Waals surface area contributed by atoms with Gasteiger partial charge in [-0.05, 0) is 38.2 Å². The summed E-state index contributed by atoms with van der Waals surface area (Å²) in [5.41, 5.74) is 2.15. The molecule has 1 fully saturated rings. The standard InChI is InChI=1S/C16H21N3O2/c1-3-21-16(20)13-9-18-15-12(6-7-17-15)14(13)19-11-5-4-10(2)8-11/h6-7,9-11H,3-5,8H2,1-2H3,(H2,17,18,19). The van der Waals surface area contributed by atoms with Crippen LogP contribution in [0.1, 0.15) is 43.5 Å². The molecule has 1 aliphatic carbocycles. The second kappa shape index (κ2) is 5.76. The minimum atomic E-state index is -0.318. The van der Waals surface area contributed by atoms with Crippen LogP contribution >= 0.6 is 0 Å². The lowest BCUT2D eigenvalue weighted by Crippen LogP contribution is -2.19. The minimum absolute atomic E-state index is 0.318. The molecular weight excluding hydrogens is 266 g/mol. The fraction of sp³-hybridized carbons (Fsp3) is 0.500. The van der Waals surface area contributed by atoms with E-state index in [1.54, 1.807) is 6.20 Å². The predicted molar refractivity (Wildman–Crippen MR) is 82.5 cm³/mol.